The van der Waals surface area contributed by atoms with Crippen molar-refractivity contribution in [1.29, 1.82) is 0 Å². The zero-order chi connectivity index (χ0) is 24.0. The van der Waals surface area contributed by atoms with Crippen molar-refractivity contribution in [3.63, 3.8) is 0 Å². The molecule has 0 radical (unpaired) electrons. The van der Waals surface area contributed by atoms with Crippen LogP contribution in [0, 0.1) is 6.92 Å². The Morgan fingerprint density at radius 1 is 1.21 bits per heavy atom. The van der Waals surface area contributed by atoms with Crippen molar-refractivity contribution in [3.8, 4) is 11.4 Å². The molecule has 8 nitrogen and oxygen atoms in total. The number of rotatable bonds is 5. The van der Waals surface area contributed by atoms with Crippen LogP contribution in [-0.4, -0.2) is 30.7 Å². The van der Waals surface area contributed by atoms with Gasteiger partial charge in [0.15, 0.2) is 6.61 Å². The van der Waals surface area contributed by atoms with E-state index in [-0.39, 0.29) is 22.9 Å². The van der Waals surface area contributed by atoms with Crippen LogP contribution < -0.4 is 14.8 Å². The molecule has 0 fully saturated rings. The Hall–Kier alpha value is -3.38. The molecule has 1 aliphatic heterocycles. The van der Waals surface area contributed by atoms with Crippen molar-refractivity contribution in [1.82, 2.24) is 14.5 Å². The number of anilines is 1. The van der Waals surface area contributed by atoms with E-state index in [1.165, 1.54) is 41.2 Å². The number of carbonyl (C=O) groups excluding carboxylic acids is 1. The number of ether oxygens (including phenoxy) is 1. The van der Waals surface area contributed by atoms with Gasteiger partial charge in [0.25, 0.3) is 5.91 Å². The molecule has 3 aromatic rings. The Balaban J connectivity index is 1.59. The number of alkyl halides is 3. The number of fused-ring (bicyclic) bond motifs is 1. The van der Waals surface area contributed by atoms with Crippen LogP contribution in [0.4, 0.5) is 18.9 Å². The highest BCUT2D eigenvalue weighted by atomic mass is 32.2. The second-order valence-electron chi connectivity index (χ2n) is 7.48. The van der Waals surface area contributed by atoms with E-state index in [4.69, 9.17) is 4.74 Å². The van der Waals surface area contributed by atoms with Gasteiger partial charge in [0.1, 0.15) is 5.75 Å². The zero-order valence-corrected chi connectivity index (χ0v) is 18.3. The Morgan fingerprint density at radius 2 is 1.97 bits per heavy atom. The van der Waals surface area contributed by atoms with Gasteiger partial charge in [-0.2, -0.15) is 18.3 Å². The summed E-state index contributed by atoms with van der Waals surface area (Å²) in [7, 11) is -4.00. The van der Waals surface area contributed by atoms with Gasteiger partial charge in [-0.15, -0.1) is 0 Å². The second kappa shape index (κ2) is 8.19. The molecule has 1 atom stereocenters. The number of nitrogens with zero attached hydrogens (tertiary/aromatic N) is 2. The number of amides is 1. The van der Waals surface area contributed by atoms with E-state index < -0.39 is 33.7 Å². The molecule has 0 aliphatic carbocycles. The van der Waals surface area contributed by atoms with Crippen LogP contribution in [0.3, 0.4) is 0 Å². The minimum absolute atomic E-state index is 0.0816. The van der Waals surface area contributed by atoms with Crippen LogP contribution in [0.2, 0.25) is 0 Å². The summed E-state index contributed by atoms with van der Waals surface area (Å²) in [5.74, 6) is -0.0317. The molecule has 1 aromatic heterocycles. The van der Waals surface area contributed by atoms with E-state index in [0.29, 0.717) is 17.0 Å². The molecule has 33 heavy (non-hydrogen) atoms. The first-order valence-corrected chi connectivity index (χ1v) is 11.3. The lowest BCUT2D eigenvalue weighted by molar-refractivity contribution is -0.137. The maximum Gasteiger partial charge on any atom is 0.416 e. The molecule has 4 rings (SSSR count). The SMILES string of the molecule is Cc1c(C(C)NS(=O)(=O)c2ccc3c(c2)NC(=O)CO3)cnn1-c1cccc(C(F)(F)F)c1. The van der Waals surface area contributed by atoms with Crippen molar-refractivity contribution >= 4 is 21.6 Å². The third kappa shape index (κ3) is 4.57. The molecule has 2 heterocycles. The van der Waals surface area contributed by atoms with Crippen LogP contribution in [0.5, 0.6) is 5.75 Å². The van der Waals surface area contributed by atoms with Crippen molar-refractivity contribution in [3.05, 3.63) is 65.5 Å². The molecule has 1 aliphatic rings. The molecular formula is C21H19F3N4O4S. The number of sulfonamides is 1. The van der Waals surface area contributed by atoms with Crippen LogP contribution >= 0.6 is 0 Å². The smallest absolute Gasteiger partial charge is 0.416 e. The summed E-state index contributed by atoms with van der Waals surface area (Å²) in [6, 6.07) is 8.06. The summed E-state index contributed by atoms with van der Waals surface area (Å²) in [5, 5.41) is 6.70. The third-order valence-corrected chi connectivity index (χ3v) is 6.70. The fourth-order valence-electron chi connectivity index (χ4n) is 3.52. The third-order valence-electron chi connectivity index (χ3n) is 5.16. The molecule has 1 unspecified atom stereocenters. The van der Waals surface area contributed by atoms with Gasteiger partial charge in [0.2, 0.25) is 10.0 Å². The molecular weight excluding hydrogens is 461 g/mol. The average molecular weight is 480 g/mol. The van der Waals surface area contributed by atoms with E-state index in [0.717, 1.165) is 12.1 Å². The highest BCUT2D eigenvalue weighted by Crippen LogP contribution is 2.32. The summed E-state index contributed by atoms with van der Waals surface area (Å²) < 4.78 is 74.1. The molecule has 0 spiro atoms. The van der Waals surface area contributed by atoms with Crippen LogP contribution in [0.1, 0.15) is 29.8 Å². The summed E-state index contributed by atoms with van der Waals surface area (Å²) in [5.41, 5.74) is 0.610. The quantitative estimate of drug-likeness (QED) is 0.581. The fraction of sp³-hybridized carbons (Fsp3) is 0.238. The average Bonchev–Trinajstić information content (AvgIpc) is 3.14. The first-order valence-electron chi connectivity index (χ1n) is 9.77. The van der Waals surface area contributed by atoms with Gasteiger partial charge < -0.3 is 10.1 Å². The van der Waals surface area contributed by atoms with E-state index in [1.807, 2.05) is 0 Å². The molecule has 0 saturated heterocycles. The van der Waals surface area contributed by atoms with E-state index in [2.05, 4.69) is 15.1 Å². The number of aromatic nitrogens is 2. The van der Waals surface area contributed by atoms with Crippen molar-refractivity contribution in [2.24, 2.45) is 0 Å². The molecule has 174 valence electrons. The first kappa shape index (κ1) is 22.8. The van der Waals surface area contributed by atoms with Crippen LogP contribution in [-0.2, 0) is 21.0 Å². The maximum atomic E-state index is 13.1. The lowest BCUT2D eigenvalue weighted by Gasteiger charge is -2.19. The largest absolute Gasteiger partial charge is 0.482 e. The van der Waals surface area contributed by atoms with Gasteiger partial charge >= 0.3 is 6.18 Å². The van der Waals surface area contributed by atoms with Crippen LogP contribution in [0.15, 0.2) is 53.6 Å². The van der Waals surface area contributed by atoms with Crippen molar-refractivity contribution < 1.29 is 31.1 Å². The van der Waals surface area contributed by atoms with Crippen molar-refractivity contribution in [2.45, 2.75) is 31.0 Å². The molecule has 0 bridgehead atoms. The first-order chi connectivity index (χ1) is 15.5. The zero-order valence-electron chi connectivity index (χ0n) is 17.5. The number of benzene rings is 2. The normalized spacial score (nSPS) is 14.9. The topological polar surface area (TPSA) is 102 Å². The Kier molecular flexibility index (Phi) is 5.66. The molecule has 2 N–H and O–H groups in total. The Labute approximate surface area is 187 Å². The van der Waals surface area contributed by atoms with Crippen LogP contribution in [0.25, 0.3) is 5.69 Å². The van der Waals surface area contributed by atoms with Gasteiger partial charge in [-0.3, -0.25) is 4.79 Å². The number of hydrogen-bond acceptors (Lipinski definition) is 5. The van der Waals surface area contributed by atoms with Gasteiger partial charge in [-0.25, -0.2) is 17.8 Å². The second-order valence-corrected chi connectivity index (χ2v) is 9.20. The monoisotopic (exact) mass is 480 g/mol. The summed E-state index contributed by atoms with van der Waals surface area (Å²) >= 11 is 0. The molecule has 1 amide bonds. The van der Waals surface area contributed by atoms with E-state index in [9.17, 15) is 26.4 Å². The number of nitrogens with one attached hydrogen (secondary N) is 2. The lowest BCUT2D eigenvalue weighted by atomic mass is 10.1. The molecule has 2 aromatic carbocycles. The predicted molar refractivity (Wildman–Crippen MR) is 113 cm³/mol. The maximum absolute atomic E-state index is 13.1. The Bertz CT molecular complexity index is 1340. The molecule has 0 saturated carbocycles. The fourth-order valence-corrected chi connectivity index (χ4v) is 4.76. The summed E-state index contributed by atoms with van der Waals surface area (Å²) in [6.07, 6.45) is -3.09. The minimum atomic E-state index is -4.50. The predicted octanol–water partition coefficient (Wildman–Crippen LogP) is 3.57. The number of carbonyl (C=O) groups is 1. The van der Waals surface area contributed by atoms with E-state index >= 15 is 0 Å². The van der Waals surface area contributed by atoms with Gasteiger partial charge in [-0.1, -0.05) is 6.07 Å². The van der Waals surface area contributed by atoms with E-state index in [1.54, 1.807) is 13.8 Å². The summed E-state index contributed by atoms with van der Waals surface area (Å²) in [4.78, 5) is 11.4. The van der Waals surface area contributed by atoms with Gasteiger partial charge in [0.05, 0.1) is 28.0 Å². The van der Waals surface area contributed by atoms with Gasteiger partial charge in [-0.05, 0) is 50.2 Å². The highest BCUT2D eigenvalue weighted by molar-refractivity contribution is 7.89. The number of halogens is 3. The summed E-state index contributed by atoms with van der Waals surface area (Å²) in [6.45, 7) is 3.09. The standard InChI is InChI=1S/C21H19F3N4O4S/c1-12(27-33(30,31)16-6-7-19-18(9-16)26-20(29)11-32-19)17-10-25-28(13(17)2)15-5-3-4-14(8-15)21(22,23)24/h3-10,12,27H,11H2,1-2H3,(H,26,29). The highest BCUT2D eigenvalue weighted by Gasteiger charge is 2.31. The van der Waals surface area contributed by atoms with Gasteiger partial charge in [0, 0.05) is 17.3 Å². The minimum Gasteiger partial charge on any atom is -0.482 e. The number of hydrogen-bond donors (Lipinski definition) is 2. The lowest BCUT2D eigenvalue weighted by Crippen LogP contribution is -2.28. The van der Waals surface area contributed by atoms with Crippen molar-refractivity contribution in [2.75, 3.05) is 11.9 Å². The Morgan fingerprint density at radius 3 is 2.70 bits per heavy atom. The molecule has 12 heteroatoms.